The number of thiophene rings is 1. The van der Waals surface area contributed by atoms with Crippen molar-refractivity contribution in [3.63, 3.8) is 0 Å². The van der Waals surface area contributed by atoms with E-state index >= 15 is 0 Å². The largest absolute Gasteiger partial charge is 0.342 e. The molecule has 4 aromatic rings. The molecule has 8 heteroatoms. The van der Waals surface area contributed by atoms with E-state index in [9.17, 15) is 9.18 Å². The number of hydrogen-bond donors (Lipinski definition) is 1. The van der Waals surface area contributed by atoms with Gasteiger partial charge in [-0.25, -0.2) is 4.39 Å². The van der Waals surface area contributed by atoms with Gasteiger partial charge < -0.3 is 9.84 Å². The minimum Gasteiger partial charge on any atom is -0.342 e. The summed E-state index contributed by atoms with van der Waals surface area (Å²) in [5, 5.41) is 7.00. The van der Waals surface area contributed by atoms with E-state index in [1.165, 1.54) is 17.4 Å². The Morgan fingerprint density at radius 1 is 1.28 bits per heavy atom. The predicted octanol–water partition coefficient (Wildman–Crippen LogP) is 3.42. The molecule has 25 heavy (non-hydrogen) atoms. The van der Waals surface area contributed by atoms with Gasteiger partial charge in [-0.05, 0) is 30.3 Å². The molecule has 0 fully saturated rings. The van der Waals surface area contributed by atoms with E-state index in [-0.39, 0.29) is 24.2 Å². The zero-order valence-electron chi connectivity index (χ0n) is 12.8. The van der Waals surface area contributed by atoms with Crippen LogP contribution < -0.4 is 5.32 Å². The summed E-state index contributed by atoms with van der Waals surface area (Å²) in [5.41, 5.74) is 0.726. The van der Waals surface area contributed by atoms with Crippen LogP contribution in [0.3, 0.4) is 0 Å². The summed E-state index contributed by atoms with van der Waals surface area (Å²) in [7, 11) is 0. The lowest BCUT2D eigenvalue weighted by molar-refractivity contribution is 0.0950. The first-order chi connectivity index (χ1) is 12.2. The molecule has 1 aromatic carbocycles. The van der Waals surface area contributed by atoms with E-state index in [1.54, 1.807) is 36.7 Å². The highest BCUT2D eigenvalue weighted by atomic mass is 32.1. The number of benzene rings is 1. The number of amides is 1. The van der Waals surface area contributed by atoms with Crippen LogP contribution in [0.25, 0.3) is 21.5 Å². The van der Waals surface area contributed by atoms with Gasteiger partial charge in [0.2, 0.25) is 11.7 Å². The van der Waals surface area contributed by atoms with Gasteiger partial charge in [-0.3, -0.25) is 9.78 Å². The maximum atomic E-state index is 13.7. The van der Waals surface area contributed by atoms with E-state index in [1.807, 2.05) is 6.07 Å². The van der Waals surface area contributed by atoms with E-state index in [0.717, 1.165) is 10.3 Å². The predicted molar refractivity (Wildman–Crippen MR) is 90.5 cm³/mol. The zero-order valence-corrected chi connectivity index (χ0v) is 13.6. The normalized spacial score (nSPS) is 10.9. The average molecular weight is 354 g/mol. The Kier molecular flexibility index (Phi) is 3.95. The van der Waals surface area contributed by atoms with Crippen LogP contribution in [0, 0.1) is 5.82 Å². The lowest BCUT2D eigenvalue weighted by atomic mass is 10.2. The van der Waals surface area contributed by atoms with Gasteiger partial charge in [-0.15, -0.1) is 11.3 Å². The van der Waals surface area contributed by atoms with Crippen LogP contribution >= 0.6 is 11.3 Å². The summed E-state index contributed by atoms with van der Waals surface area (Å²) in [5.74, 6) is 0.0216. The van der Waals surface area contributed by atoms with Gasteiger partial charge in [-0.1, -0.05) is 11.2 Å². The fourth-order valence-corrected chi connectivity index (χ4v) is 3.31. The smallest absolute Gasteiger partial charge is 0.261 e. The van der Waals surface area contributed by atoms with Crippen molar-refractivity contribution in [2.45, 2.75) is 6.54 Å². The highest BCUT2D eigenvalue weighted by Gasteiger charge is 2.14. The number of halogens is 1. The number of carbonyl (C=O) groups excluding carboxylic acids is 1. The van der Waals surface area contributed by atoms with Gasteiger partial charge in [0.05, 0.1) is 11.4 Å². The molecule has 0 aliphatic carbocycles. The molecular weight excluding hydrogens is 343 g/mol. The van der Waals surface area contributed by atoms with Crippen molar-refractivity contribution < 1.29 is 13.7 Å². The Bertz CT molecular complexity index is 1050. The Hall–Kier alpha value is -3.13. The van der Waals surface area contributed by atoms with Crippen LogP contribution in [0.15, 0.2) is 53.3 Å². The van der Waals surface area contributed by atoms with Crippen molar-refractivity contribution in [3.05, 3.63) is 65.4 Å². The van der Waals surface area contributed by atoms with Crippen LogP contribution in [-0.2, 0) is 6.54 Å². The van der Waals surface area contributed by atoms with E-state index in [2.05, 4.69) is 20.4 Å². The third kappa shape index (κ3) is 3.11. The van der Waals surface area contributed by atoms with Crippen molar-refractivity contribution in [2.75, 3.05) is 0 Å². The molecule has 3 aromatic heterocycles. The topological polar surface area (TPSA) is 80.9 Å². The molecule has 1 N–H and O–H groups in total. The SMILES string of the molecule is O=C(NCc1nc(-c2cccnc2)no1)c1cc2c(F)cccc2s1. The Morgan fingerprint density at radius 2 is 2.20 bits per heavy atom. The van der Waals surface area contributed by atoms with Crippen LogP contribution in [0.2, 0.25) is 0 Å². The molecule has 3 heterocycles. The standard InChI is InChI=1S/C17H11FN4O2S/c18-12-4-1-5-13-11(12)7-14(25-13)17(23)20-9-15-21-16(22-24-15)10-3-2-6-19-8-10/h1-8H,9H2,(H,20,23). The number of aromatic nitrogens is 3. The van der Waals surface area contributed by atoms with Crippen molar-refractivity contribution in [2.24, 2.45) is 0 Å². The number of nitrogens with zero attached hydrogens (tertiary/aromatic N) is 3. The summed E-state index contributed by atoms with van der Waals surface area (Å²) in [6.45, 7) is 0.0861. The lowest BCUT2D eigenvalue weighted by Crippen LogP contribution is -2.21. The number of fused-ring (bicyclic) bond motifs is 1. The van der Waals surface area contributed by atoms with E-state index < -0.39 is 0 Å². The summed E-state index contributed by atoms with van der Waals surface area (Å²) in [4.78, 5) is 20.9. The van der Waals surface area contributed by atoms with Crippen LogP contribution in [-0.4, -0.2) is 21.0 Å². The average Bonchev–Trinajstić information content (AvgIpc) is 3.28. The van der Waals surface area contributed by atoms with Crippen LogP contribution in [0.4, 0.5) is 4.39 Å². The molecule has 0 saturated heterocycles. The fraction of sp³-hybridized carbons (Fsp3) is 0.0588. The van der Waals surface area contributed by atoms with Crippen molar-refractivity contribution in [3.8, 4) is 11.4 Å². The molecular formula is C17H11FN4O2S. The molecule has 1 amide bonds. The molecule has 0 atom stereocenters. The molecule has 0 bridgehead atoms. The maximum Gasteiger partial charge on any atom is 0.261 e. The third-order valence-electron chi connectivity index (χ3n) is 3.52. The number of nitrogens with one attached hydrogen (secondary N) is 1. The van der Waals surface area contributed by atoms with Crippen LogP contribution in [0.1, 0.15) is 15.6 Å². The molecule has 0 saturated carbocycles. The quantitative estimate of drug-likeness (QED) is 0.607. The second kappa shape index (κ2) is 6.40. The van der Waals surface area contributed by atoms with Crippen LogP contribution in [0.5, 0.6) is 0 Å². The minimum absolute atomic E-state index is 0.0861. The highest BCUT2D eigenvalue weighted by molar-refractivity contribution is 7.20. The monoisotopic (exact) mass is 354 g/mol. The number of hydrogen-bond acceptors (Lipinski definition) is 6. The minimum atomic E-state index is -0.342. The molecule has 0 aliphatic rings. The molecule has 0 radical (unpaired) electrons. The summed E-state index contributed by atoms with van der Waals surface area (Å²) in [6.07, 6.45) is 3.28. The lowest BCUT2D eigenvalue weighted by Gasteiger charge is -1.98. The summed E-state index contributed by atoms with van der Waals surface area (Å²) >= 11 is 1.23. The Morgan fingerprint density at radius 3 is 3.00 bits per heavy atom. The molecule has 0 unspecified atom stereocenters. The molecule has 0 aliphatic heterocycles. The van der Waals surface area contributed by atoms with Gasteiger partial charge in [-0.2, -0.15) is 4.98 Å². The number of carbonyl (C=O) groups is 1. The molecule has 124 valence electrons. The van der Waals surface area contributed by atoms with Crippen molar-refractivity contribution >= 4 is 27.3 Å². The first-order valence-electron chi connectivity index (χ1n) is 7.40. The number of rotatable bonds is 4. The van der Waals surface area contributed by atoms with Gasteiger partial charge in [0, 0.05) is 28.0 Å². The second-order valence-corrected chi connectivity index (χ2v) is 6.28. The Labute approximate surface area is 145 Å². The molecule has 0 spiro atoms. The van der Waals surface area contributed by atoms with Gasteiger partial charge in [0.25, 0.3) is 5.91 Å². The summed E-state index contributed by atoms with van der Waals surface area (Å²) in [6, 6.07) is 9.89. The fourth-order valence-electron chi connectivity index (χ4n) is 2.32. The van der Waals surface area contributed by atoms with Gasteiger partial charge in [0.1, 0.15) is 5.82 Å². The molecule has 6 nitrogen and oxygen atoms in total. The maximum absolute atomic E-state index is 13.7. The summed E-state index contributed by atoms with van der Waals surface area (Å²) < 4.78 is 19.6. The van der Waals surface area contributed by atoms with E-state index in [0.29, 0.717) is 16.1 Å². The second-order valence-electron chi connectivity index (χ2n) is 5.20. The van der Waals surface area contributed by atoms with Crippen molar-refractivity contribution in [1.29, 1.82) is 0 Å². The van der Waals surface area contributed by atoms with Gasteiger partial charge >= 0.3 is 0 Å². The molecule has 4 rings (SSSR count). The number of pyridine rings is 1. The van der Waals surface area contributed by atoms with Crippen molar-refractivity contribution in [1.82, 2.24) is 20.4 Å². The highest BCUT2D eigenvalue weighted by Crippen LogP contribution is 2.27. The van der Waals surface area contributed by atoms with E-state index in [4.69, 9.17) is 4.52 Å². The van der Waals surface area contributed by atoms with Gasteiger partial charge in [0.15, 0.2) is 0 Å². The zero-order chi connectivity index (χ0) is 17.2. The first-order valence-corrected chi connectivity index (χ1v) is 8.21. The first kappa shape index (κ1) is 15.4. The Balaban J connectivity index is 1.46. The third-order valence-corrected chi connectivity index (χ3v) is 4.62.